The Hall–Kier alpha value is -3.76. The van der Waals surface area contributed by atoms with Gasteiger partial charge in [0, 0.05) is 30.1 Å². The fraction of sp³-hybridized carbons (Fsp3) is 0.333. The van der Waals surface area contributed by atoms with Crippen molar-refractivity contribution in [2.45, 2.75) is 38.9 Å². The third kappa shape index (κ3) is 8.86. The third-order valence-corrected chi connectivity index (χ3v) is 7.64. The molecule has 0 spiro atoms. The minimum Gasteiger partial charge on any atom is -0.497 e. The van der Waals surface area contributed by atoms with Gasteiger partial charge in [-0.25, -0.2) is 8.42 Å². The van der Waals surface area contributed by atoms with E-state index in [1.165, 1.54) is 31.3 Å². The number of carbonyl (C=O) groups excluding carboxylic acids is 2. The smallest absolute Gasteiger partial charge is 0.244 e. The van der Waals surface area contributed by atoms with Crippen molar-refractivity contribution in [3.05, 3.63) is 88.9 Å². The summed E-state index contributed by atoms with van der Waals surface area (Å²) in [5.74, 6) is -0.260. The molecule has 0 aliphatic carbocycles. The summed E-state index contributed by atoms with van der Waals surface area (Å²) >= 11 is 6.24. The van der Waals surface area contributed by atoms with Gasteiger partial charge in [-0.05, 0) is 49.2 Å². The molecule has 3 aromatic rings. The largest absolute Gasteiger partial charge is 0.497 e. The Morgan fingerprint density at radius 2 is 1.61 bits per heavy atom. The van der Waals surface area contributed by atoms with Crippen LogP contribution in [-0.2, 0) is 32.6 Å². The molecule has 0 saturated heterocycles. The van der Waals surface area contributed by atoms with Crippen molar-refractivity contribution in [2.24, 2.45) is 0 Å². The van der Waals surface area contributed by atoms with Crippen molar-refractivity contribution in [3.63, 3.8) is 0 Å². The monoisotopic (exact) mass is 601 g/mol. The van der Waals surface area contributed by atoms with Crippen LogP contribution in [0.5, 0.6) is 11.5 Å². The van der Waals surface area contributed by atoms with Gasteiger partial charge in [0.25, 0.3) is 0 Å². The molecule has 2 amide bonds. The number of nitrogens with zero attached hydrogens (tertiary/aromatic N) is 2. The van der Waals surface area contributed by atoms with Gasteiger partial charge >= 0.3 is 0 Å². The summed E-state index contributed by atoms with van der Waals surface area (Å²) in [6.07, 6.45) is 1.23. The Kier molecular flexibility index (Phi) is 11.0. The number of hydrogen-bond acceptors (Lipinski definition) is 6. The van der Waals surface area contributed by atoms with E-state index in [1.54, 1.807) is 30.3 Å². The summed E-state index contributed by atoms with van der Waals surface area (Å²) in [4.78, 5) is 29.1. The van der Waals surface area contributed by atoms with Gasteiger partial charge in [-0.2, -0.15) is 0 Å². The molecule has 0 aliphatic rings. The molecule has 220 valence electrons. The summed E-state index contributed by atoms with van der Waals surface area (Å²) in [6, 6.07) is 19.8. The first kappa shape index (κ1) is 31.8. The first-order chi connectivity index (χ1) is 19.4. The third-order valence-electron chi connectivity index (χ3n) is 6.28. The minimum atomic E-state index is -3.96. The van der Waals surface area contributed by atoms with Crippen molar-refractivity contribution in [1.29, 1.82) is 0 Å². The quantitative estimate of drug-likeness (QED) is 0.313. The number of rotatable bonds is 13. The molecule has 0 aromatic heterocycles. The number of carbonyl (C=O) groups is 2. The number of hydrogen-bond donors (Lipinski definition) is 1. The number of nitrogens with one attached hydrogen (secondary N) is 1. The van der Waals surface area contributed by atoms with Crippen LogP contribution in [0.25, 0.3) is 0 Å². The molecule has 1 atom stereocenters. The van der Waals surface area contributed by atoms with E-state index in [4.69, 9.17) is 21.1 Å². The van der Waals surface area contributed by atoms with E-state index in [0.29, 0.717) is 16.3 Å². The molecule has 9 nitrogen and oxygen atoms in total. The summed E-state index contributed by atoms with van der Waals surface area (Å²) in [7, 11) is -1.08. The van der Waals surface area contributed by atoms with Gasteiger partial charge in [-0.15, -0.1) is 0 Å². The highest BCUT2D eigenvalue weighted by Gasteiger charge is 2.34. The zero-order valence-corrected chi connectivity index (χ0v) is 25.4. The summed E-state index contributed by atoms with van der Waals surface area (Å²) in [6.45, 7) is 3.13. The van der Waals surface area contributed by atoms with Crippen LogP contribution < -0.4 is 19.1 Å². The van der Waals surface area contributed by atoms with Crippen LogP contribution in [0.15, 0.2) is 72.8 Å². The Morgan fingerprint density at radius 1 is 0.927 bits per heavy atom. The zero-order chi connectivity index (χ0) is 30.2. The highest BCUT2D eigenvalue weighted by Crippen LogP contribution is 2.34. The van der Waals surface area contributed by atoms with Crippen LogP contribution in [-0.4, -0.2) is 64.2 Å². The van der Waals surface area contributed by atoms with Crippen LogP contribution in [0, 0.1) is 0 Å². The maximum absolute atomic E-state index is 14.1. The lowest BCUT2D eigenvalue weighted by atomic mass is 10.0. The normalized spacial score (nSPS) is 12.0. The standard InChI is InChI=1S/C30H36ClN3O6S/c1-21(2)32-30(36)27(17-22-10-7-6-8-11-22)33(19-23-12-9-13-24(31)16-23)29(35)20-34(41(5,37)38)26-15-14-25(39-3)18-28(26)40-4/h6-16,18,21,27H,17,19-20H2,1-5H3,(H,32,36)/t27-/m1/s1. The predicted octanol–water partition coefficient (Wildman–Crippen LogP) is 4.29. The molecule has 0 fully saturated rings. The summed E-state index contributed by atoms with van der Waals surface area (Å²) in [5.41, 5.74) is 1.70. The van der Waals surface area contributed by atoms with Crippen LogP contribution in [0.1, 0.15) is 25.0 Å². The fourth-order valence-electron chi connectivity index (χ4n) is 4.35. The summed E-state index contributed by atoms with van der Waals surface area (Å²) in [5, 5.41) is 3.39. The lowest BCUT2D eigenvalue weighted by Crippen LogP contribution is -2.54. The molecular weight excluding hydrogens is 566 g/mol. The van der Waals surface area contributed by atoms with Crippen molar-refractivity contribution >= 4 is 39.1 Å². The van der Waals surface area contributed by atoms with Gasteiger partial charge in [0.05, 0.1) is 26.2 Å². The van der Waals surface area contributed by atoms with E-state index in [1.807, 2.05) is 44.2 Å². The second kappa shape index (κ2) is 14.2. The number of amides is 2. The molecule has 3 rings (SSSR count). The molecule has 0 radical (unpaired) electrons. The minimum absolute atomic E-state index is 0.0275. The molecule has 3 aromatic carbocycles. The van der Waals surface area contributed by atoms with Gasteiger partial charge in [0.1, 0.15) is 24.1 Å². The molecular formula is C30H36ClN3O6S. The van der Waals surface area contributed by atoms with Crippen LogP contribution in [0.2, 0.25) is 5.02 Å². The van der Waals surface area contributed by atoms with E-state index in [9.17, 15) is 18.0 Å². The molecule has 11 heteroatoms. The van der Waals surface area contributed by atoms with E-state index in [-0.39, 0.29) is 36.4 Å². The van der Waals surface area contributed by atoms with Crippen LogP contribution >= 0.6 is 11.6 Å². The van der Waals surface area contributed by atoms with Gasteiger partial charge in [0.15, 0.2) is 0 Å². The first-order valence-electron chi connectivity index (χ1n) is 13.0. The van der Waals surface area contributed by atoms with E-state index in [0.717, 1.165) is 16.1 Å². The molecule has 41 heavy (non-hydrogen) atoms. The highest BCUT2D eigenvalue weighted by molar-refractivity contribution is 7.92. The predicted molar refractivity (Wildman–Crippen MR) is 161 cm³/mol. The number of benzene rings is 3. The molecule has 0 heterocycles. The maximum atomic E-state index is 14.1. The highest BCUT2D eigenvalue weighted by atomic mass is 35.5. The van der Waals surface area contributed by atoms with E-state index in [2.05, 4.69) is 5.32 Å². The molecule has 0 saturated carbocycles. The Bertz CT molecular complexity index is 1450. The number of anilines is 1. The molecule has 0 bridgehead atoms. The first-order valence-corrected chi connectivity index (χ1v) is 15.2. The van der Waals surface area contributed by atoms with Gasteiger partial charge in [-0.3, -0.25) is 13.9 Å². The fourth-order valence-corrected chi connectivity index (χ4v) is 5.42. The molecule has 1 N–H and O–H groups in total. The zero-order valence-electron chi connectivity index (χ0n) is 23.8. The van der Waals surface area contributed by atoms with Gasteiger partial charge < -0.3 is 19.7 Å². The van der Waals surface area contributed by atoms with Gasteiger partial charge in [-0.1, -0.05) is 54.1 Å². The number of methoxy groups -OCH3 is 2. The average Bonchev–Trinajstić information content (AvgIpc) is 2.92. The molecule has 0 unspecified atom stereocenters. The van der Waals surface area contributed by atoms with Crippen molar-refractivity contribution in [3.8, 4) is 11.5 Å². The second-order valence-corrected chi connectivity index (χ2v) is 12.2. The Morgan fingerprint density at radius 3 is 2.20 bits per heavy atom. The topological polar surface area (TPSA) is 105 Å². The lowest BCUT2D eigenvalue weighted by Gasteiger charge is -2.34. The van der Waals surface area contributed by atoms with E-state index < -0.39 is 28.5 Å². The van der Waals surface area contributed by atoms with Crippen molar-refractivity contribution in [1.82, 2.24) is 10.2 Å². The van der Waals surface area contributed by atoms with Crippen LogP contribution in [0.4, 0.5) is 5.69 Å². The molecule has 0 aliphatic heterocycles. The Labute approximate surface area is 247 Å². The van der Waals surface area contributed by atoms with Crippen molar-refractivity contribution in [2.75, 3.05) is 31.3 Å². The average molecular weight is 602 g/mol. The van der Waals surface area contributed by atoms with Crippen molar-refractivity contribution < 1.29 is 27.5 Å². The second-order valence-electron chi connectivity index (χ2n) is 9.83. The van der Waals surface area contributed by atoms with Gasteiger partial charge in [0.2, 0.25) is 21.8 Å². The SMILES string of the molecule is COc1ccc(N(CC(=O)N(Cc2cccc(Cl)c2)[C@H](Cc2ccccc2)C(=O)NC(C)C)S(C)(=O)=O)c(OC)c1. The Balaban J connectivity index is 2.09. The number of sulfonamides is 1. The summed E-state index contributed by atoms with van der Waals surface area (Å²) < 4.78 is 37.7. The van der Waals surface area contributed by atoms with Crippen LogP contribution in [0.3, 0.4) is 0 Å². The lowest BCUT2D eigenvalue weighted by molar-refractivity contribution is -0.140. The maximum Gasteiger partial charge on any atom is 0.244 e. The number of ether oxygens (including phenoxy) is 2. The number of halogens is 1. The van der Waals surface area contributed by atoms with E-state index >= 15 is 0 Å².